The summed E-state index contributed by atoms with van der Waals surface area (Å²) in [5, 5.41) is 2.08. The van der Waals surface area contributed by atoms with Crippen LogP contribution in [0.3, 0.4) is 0 Å². The fourth-order valence-corrected chi connectivity index (χ4v) is 1.56. The van der Waals surface area contributed by atoms with Gasteiger partial charge in [-0.3, -0.25) is 0 Å². The largest absolute Gasteiger partial charge is 0.259 e. The van der Waals surface area contributed by atoms with Crippen LogP contribution in [0.25, 0.3) is 6.08 Å². The number of hydrogen-bond acceptors (Lipinski definition) is 2. The van der Waals surface area contributed by atoms with E-state index in [4.69, 9.17) is 0 Å². The van der Waals surface area contributed by atoms with Gasteiger partial charge in [0.15, 0.2) is 0 Å². The molecule has 9 heavy (non-hydrogen) atoms. The first-order chi connectivity index (χ1) is 4.47. The van der Waals surface area contributed by atoms with Gasteiger partial charge >= 0.3 is 0 Å². The molecule has 0 fully saturated rings. The van der Waals surface area contributed by atoms with Gasteiger partial charge in [-0.2, -0.15) is 0 Å². The van der Waals surface area contributed by atoms with Crippen molar-refractivity contribution in [1.82, 2.24) is 4.99 Å². The van der Waals surface area contributed by atoms with Gasteiger partial charge in [0.05, 0.1) is 4.99 Å². The van der Waals surface area contributed by atoms with E-state index in [1.807, 2.05) is 18.5 Å². The van der Waals surface area contributed by atoms with Gasteiger partial charge in [-0.25, -0.2) is 0 Å². The lowest BCUT2D eigenvalue weighted by Gasteiger charge is -1.83. The average molecular weight is 135 g/mol. The second-order valence-corrected chi connectivity index (χ2v) is 2.78. The lowest BCUT2D eigenvalue weighted by Crippen LogP contribution is -1.90. The summed E-state index contributed by atoms with van der Waals surface area (Å²) < 4.78 is 0. The van der Waals surface area contributed by atoms with Crippen molar-refractivity contribution in [2.45, 2.75) is 0 Å². The first-order valence-corrected chi connectivity index (χ1v) is 3.62. The molecule has 2 heteroatoms. The molecule has 0 amide bonds. The Morgan fingerprint density at radius 2 is 2.44 bits per heavy atom. The molecule has 0 aliphatic carbocycles. The van der Waals surface area contributed by atoms with Crippen LogP contribution in [0, 0.1) is 0 Å². The van der Waals surface area contributed by atoms with Crippen LogP contribution >= 0.6 is 11.3 Å². The monoisotopic (exact) mass is 135 g/mol. The highest BCUT2D eigenvalue weighted by Gasteiger charge is 2.06. The van der Waals surface area contributed by atoms with Crippen LogP contribution in [-0.2, 0) is 0 Å². The van der Waals surface area contributed by atoms with Crippen molar-refractivity contribution < 1.29 is 0 Å². The molecule has 1 aromatic heterocycles. The Hall–Kier alpha value is -0.890. The molecule has 1 radical (unpaired) electrons. The third-order valence-electron chi connectivity index (χ3n) is 1.26. The van der Waals surface area contributed by atoms with Gasteiger partial charge in [0.1, 0.15) is 4.88 Å². The molecule has 2 heterocycles. The van der Waals surface area contributed by atoms with Crippen molar-refractivity contribution in [3.8, 4) is 0 Å². The standard InChI is InChI=1S/C7H5NS/c1-3-8-5-7-6(1)2-4-9-7/h1-5H/q+1. The fourth-order valence-electron chi connectivity index (χ4n) is 0.808. The lowest BCUT2D eigenvalue weighted by molar-refractivity contribution is 1.41. The lowest BCUT2D eigenvalue weighted by atomic mass is 10.2. The minimum absolute atomic E-state index is 1.26. The number of aliphatic imine (C=N–C) groups is 1. The topological polar surface area (TPSA) is 14.1 Å². The Bertz CT molecular complexity index is 244. The molecule has 2 rings (SSSR count). The predicted molar refractivity (Wildman–Crippen MR) is 40.7 cm³/mol. The van der Waals surface area contributed by atoms with Crippen LogP contribution in [0.4, 0.5) is 0 Å². The minimum atomic E-state index is 1.26. The third kappa shape index (κ3) is 0.715. The van der Waals surface area contributed by atoms with Crippen molar-refractivity contribution >= 4 is 23.6 Å². The van der Waals surface area contributed by atoms with E-state index in [0.29, 0.717) is 0 Å². The summed E-state index contributed by atoms with van der Waals surface area (Å²) >= 11 is 1.72. The molecule has 0 unspecified atom stereocenters. The summed E-state index contributed by atoms with van der Waals surface area (Å²) in [5.74, 6) is 0. The van der Waals surface area contributed by atoms with Crippen molar-refractivity contribution in [1.29, 1.82) is 0 Å². The van der Waals surface area contributed by atoms with E-state index in [1.165, 1.54) is 10.4 Å². The molecule has 0 aromatic carbocycles. The van der Waals surface area contributed by atoms with Gasteiger partial charge in [-0.1, -0.05) is 0 Å². The van der Waals surface area contributed by atoms with Gasteiger partial charge < -0.3 is 0 Å². The van der Waals surface area contributed by atoms with Crippen molar-refractivity contribution in [2.75, 3.05) is 0 Å². The van der Waals surface area contributed by atoms with Crippen LogP contribution in [0.2, 0.25) is 0 Å². The van der Waals surface area contributed by atoms with Crippen molar-refractivity contribution in [3.63, 3.8) is 0 Å². The molecule has 0 spiro atoms. The maximum atomic E-state index is 4.00. The summed E-state index contributed by atoms with van der Waals surface area (Å²) in [7, 11) is 0. The Kier molecular flexibility index (Phi) is 0.993. The smallest absolute Gasteiger partial charge is 0.137 e. The molecule has 0 bridgehead atoms. The summed E-state index contributed by atoms with van der Waals surface area (Å²) in [6.07, 6.45) is 5.72. The quantitative estimate of drug-likeness (QED) is 0.511. The van der Waals surface area contributed by atoms with E-state index >= 15 is 0 Å². The molecule has 0 saturated heterocycles. The molecule has 0 atom stereocenters. The fraction of sp³-hybridized carbons (Fsp3) is 0. The van der Waals surface area contributed by atoms with Crippen molar-refractivity contribution in [2.24, 2.45) is 0 Å². The van der Waals surface area contributed by atoms with Crippen LogP contribution in [0.15, 0.2) is 17.6 Å². The molecule has 1 nitrogen and oxygen atoms in total. The van der Waals surface area contributed by atoms with Crippen LogP contribution in [0.1, 0.15) is 10.4 Å². The maximum absolute atomic E-state index is 4.00. The molecular weight excluding hydrogens is 130 g/mol. The van der Waals surface area contributed by atoms with E-state index in [-0.39, 0.29) is 0 Å². The highest BCUT2D eigenvalue weighted by atomic mass is 32.1. The van der Waals surface area contributed by atoms with Crippen LogP contribution < -0.4 is 4.99 Å². The summed E-state index contributed by atoms with van der Waals surface area (Å²) in [5.41, 5.74) is 1.29. The molecule has 0 N–H and O–H groups in total. The van der Waals surface area contributed by atoms with E-state index in [1.54, 1.807) is 11.3 Å². The van der Waals surface area contributed by atoms with Gasteiger partial charge in [0.25, 0.3) is 6.21 Å². The normalized spacial score (nSPS) is 13.8. The first-order valence-electron chi connectivity index (χ1n) is 2.74. The summed E-state index contributed by atoms with van der Waals surface area (Å²) in [6.45, 7) is 0. The Balaban J connectivity index is 2.68. The zero-order chi connectivity index (χ0) is 6.10. The average Bonchev–Trinajstić information content (AvgIpc) is 2.33. The maximum Gasteiger partial charge on any atom is 0.259 e. The van der Waals surface area contributed by atoms with Crippen molar-refractivity contribution in [3.05, 3.63) is 28.1 Å². The Morgan fingerprint density at radius 1 is 1.44 bits per heavy atom. The number of hydrogen-bond donors (Lipinski definition) is 0. The third-order valence-corrected chi connectivity index (χ3v) is 2.13. The molecule has 1 aliphatic heterocycles. The Morgan fingerprint density at radius 3 is 3.33 bits per heavy atom. The van der Waals surface area contributed by atoms with Crippen LogP contribution in [-0.4, -0.2) is 6.21 Å². The zero-order valence-electron chi connectivity index (χ0n) is 4.74. The number of nitrogens with zero attached hydrogens (tertiary/aromatic N) is 1. The number of thiophene rings is 1. The molecular formula is C7H5NS+. The van der Waals surface area contributed by atoms with Gasteiger partial charge in [-0.15, -0.1) is 11.3 Å². The molecule has 43 valence electrons. The summed E-state index contributed by atoms with van der Waals surface area (Å²) in [6, 6.07) is 2.10. The number of fused-ring (bicyclic) bond motifs is 1. The SMILES string of the molecule is C1=Cc2ccsc2C=[N+]1. The second-order valence-electron chi connectivity index (χ2n) is 1.83. The van der Waals surface area contributed by atoms with E-state index in [2.05, 4.69) is 16.4 Å². The van der Waals surface area contributed by atoms with E-state index < -0.39 is 0 Å². The summed E-state index contributed by atoms with van der Waals surface area (Å²) in [4.78, 5) is 5.26. The predicted octanol–water partition coefficient (Wildman–Crippen LogP) is 1.49. The van der Waals surface area contributed by atoms with E-state index in [0.717, 1.165) is 0 Å². The highest BCUT2D eigenvalue weighted by molar-refractivity contribution is 7.12. The molecule has 1 aromatic rings. The number of rotatable bonds is 0. The zero-order valence-corrected chi connectivity index (χ0v) is 5.56. The van der Waals surface area contributed by atoms with Gasteiger partial charge in [0, 0.05) is 11.6 Å². The minimum Gasteiger partial charge on any atom is -0.137 e. The molecule has 0 saturated carbocycles. The first kappa shape index (κ1) is 4.94. The molecule has 1 aliphatic rings. The second kappa shape index (κ2) is 1.81. The Labute approximate surface area is 57.4 Å². The van der Waals surface area contributed by atoms with Gasteiger partial charge in [-0.05, 0) is 11.4 Å². The van der Waals surface area contributed by atoms with E-state index in [9.17, 15) is 0 Å². The van der Waals surface area contributed by atoms with Crippen LogP contribution in [0.5, 0.6) is 0 Å². The van der Waals surface area contributed by atoms with Gasteiger partial charge in [0.2, 0.25) is 6.20 Å². The highest BCUT2D eigenvalue weighted by Crippen LogP contribution is 2.16.